The van der Waals surface area contributed by atoms with Gasteiger partial charge >= 0.3 is 0 Å². The second-order valence-corrected chi connectivity index (χ2v) is 8.62. The number of para-hydroxylation sites is 2. The number of hydrogen-bond donors (Lipinski definition) is 2. The van der Waals surface area contributed by atoms with Crippen LogP contribution < -0.4 is 16.2 Å². The molecule has 0 saturated carbocycles. The van der Waals surface area contributed by atoms with Gasteiger partial charge in [0, 0.05) is 5.69 Å². The average Bonchev–Trinajstić information content (AvgIpc) is 2.76. The molecule has 174 valence electrons. The molecule has 2 aromatic rings. The van der Waals surface area contributed by atoms with Gasteiger partial charge in [-0.1, -0.05) is 95.8 Å². The molecule has 0 radical (unpaired) electrons. The highest BCUT2D eigenvalue weighted by atomic mass is 16.5. The van der Waals surface area contributed by atoms with Gasteiger partial charge in [-0.15, -0.1) is 0 Å². The number of rotatable bonds is 14. The molecule has 0 unspecified atom stereocenters. The monoisotopic (exact) mass is 426 g/mol. The van der Waals surface area contributed by atoms with E-state index in [1.807, 2.05) is 42.5 Å². The third kappa shape index (κ3) is 13.7. The van der Waals surface area contributed by atoms with E-state index in [1.165, 1.54) is 81.8 Å². The molecule has 0 amide bonds. The third-order valence-electron chi connectivity index (χ3n) is 5.71. The van der Waals surface area contributed by atoms with Crippen molar-refractivity contribution in [2.24, 2.45) is 0 Å². The fourth-order valence-electron chi connectivity index (χ4n) is 3.50. The first kappa shape index (κ1) is 26.9. The predicted octanol–water partition coefficient (Wildman–Crippen LogP) is 8.23. The molecule has 0 spiro atoms. The summed E-state index contributed by atoms with van der Waals surface area (Å²) in [7, 11) is 0. The van der Waals surface area contributed by atoms with Crippen molar-refractivity contribution < 1.29 is 4.74 Å². The van der Waals surface area contributed by atoms with Crippen molar-refractivity contribution in [1.29, 1.82) is 0 Å². The molecular weight excluding hydrogens is 380 g/mol. The molecule has 3 nitrogen and oxygen atoms in total. The van der Waals surface area contributed by atoms with E-state index < -0.39 is 0 Å². The second kappa shape index (κ2) is 17.5. The molecular formula is C28H46N2O. The Morgan fingerprint density at radius 1 is 0.645 bits per heavy atom. The van der Waals surface area contributed by atoms with Gasteiger partial charge in [-0.05, 0) is 55.7 Å². The van der Waals surface area contributed by atoms with Crippen LogP contribution in [0, 0.1) is 13.8 Å². The normalized spacial score (nSPS) is 10.4. The van der Waals surface area contributed by atoms with Gasteiger partial charge < -0.3 is 16.2 Å². The first-order valence-electron chi connectivity index (χ1n) is 12.3. The first-order valence-corrected chi connectivity index (χ1v) is 12.3. The number of benzene rings is 2. The molecule has 2 rings (SSSR count). The van der Waals surface area contributed by atoms with Crippen LogP contribution >= 0.6 is 0 Å². The lowest BCUT2D eigenvalue weighted by Gasteiger charge is -2.08. The van der Waals surface area contributed by atoms with Crippen molar-refractivity contribution in [3.05, 3.63) is 53.6 Å². The van der Waals surface area contributed by atoms with E-state index >= 15 is 0 Å². The zero-order valence-corrected chi connectivity index (χ0v) is 20.3. The van der Waals surface area contributed by atoms with Crippen molar-refractivity contribution in [2.45, 2.75) is 97.8 Å². The minimum Gasteiger partial charge on any atom is -0.491 e. The summed E-state index contributed by atoms with van der Waals surface area (Å²) in [6, 6.07) is 13.7. The van der Waals surface area contributed by atoms with E-state index in [4.69, 9.17) is 16.2 Å². The van der Waals surface area contributed by atoms with Gasteiger partial charge in [0.2, 0.25) is 0 Å². The number of nitrogens with two attached hydrogens (primary N) is 2. The molecule has 4 N–H and O–H groups in total. The van der Waals surface area contributed by atoms with Crippen LogP contribution in [-0.4, -0.2) is 6.61 Å². The van der Waals surface area contributed by atoms with Crippen LogP contribution in [0.2, 0.25) is 0 Å². The van der Waals surface area contributed by atoms with Gasteiger partial charge in [-0.3, -0.25) is 0 Å². The zero-order chi connectivity index (χ0) is 22.7. The summed E-state index contributed by atoms with van der Waals surface area (Å²) in [4.78, 5) is 0. The second-order valence-electron chi connectivity index (χ2n) is 8.62. The summed E-state index contributed by atoms with van der Waals surface area (Å²) in [6.07, 6.45) is 16.4. The summed E-state index contributed by atoms with van der Waals surface area (Å²) in [5.74, 6) is 0.825. The molecule has 2 aromatic carbocycles. The lowest BCUT2D eigenvalue weighted by molar-refractivity contribution is 0.306. The number of unbranched alkanes of at least 4 members (excludes halogenated alkanes) is 11. The Labute approximate surface area is 191 Å². The van der Waals surface area contributed by atoms with E-state index in [2.05, 4.69) is 20.8 Å². The summed E-state index contributed by atoms with van der Waals surface area (Å²) in [6.45, 7) is 7.20. The highest BCUT2D eigenvalue weighted by Crippen LogP contribution is 2.20. The Hall–Kier alpha value is -2.16. The number of hydrogen-bond acceptors (Lipinski definition) is 3. The lowest BCUT2D eigenvalue weighted by Crippen LogP contribution is -2.00. The van der Waals surface area contributed by atoms with Gasteiger partial charge in [0.1, 0.15) is 5.75 Å². The van der Waals surface area contributed by atoms with Gasteiger partial charge in [-0.2, -0.15) is 0 Å². The van der Waals surface area contributed by atoms with Crippen LogP contribution in [0.5, 0.6) is 5.75 Å². The Balaban J connectivity index is 0.000000442. The van der Waals surface area contributed by atoms with Crippen LogP contribution in [0.3, 0.4) is 0 Å². The largest absolute Gasteiger partial charge is 0.491 e. The standard InChI is InChI=1S/C20H35NO.C8H11N/c1-2-3-4-5-6-7-8-9-10-11-12-15-18-22-20-17-14-13-16-19(20)21;1-6-3-4-8(9)5-7(6)2/h13-14,16-17H,2-12,15,18,21H2,1H3;3-5H,9H2,1-2H3. The summed E-state index contributed by atoms with van der Waals surface area (Å²) >= 11 is 0. The van der Waals surface area contributed by atoms with Crippen LogP contribution in [0.25, 0.3) is 0 Å². The highest BCUT2D eigenvalue weighted by Gasteiger charge is 1.98. The molecule has 0 heterocycles. The van der Waals surface area contributed by atoms with Crippen LogP contribution in [0.4, 0.5) is 11.4 Å². The molecule has 31 heavy (non-hydrogen) atoms. The van der Waals surface area contributed by atoms with Crippen molar-refractivity contribution in [2.75, 3.05) is 18.1 Å². The molecule has 0 saturated heterocycles. The van der Waals surface area contributed by atoms with Gasteiger partial charge in [0.25, 0.3) is 0 Å². The minimum absolute atomic E-state index is 0.737. The quantitative estimate of drug-likeness (QED) is 0.236. The Kier molecular flexibility index (Phi) is 15.2. The topological polar surface area (TPSA) is 61.3 Å². The Bertz CT molecular complexity index is 699. The van der Waals surface area contributed by atoms with Crippen LogP contribution in [-0.2, 0) is 0 Å². The summed E-state index contributed by atoms with van der Waals surface area (Å²) < 4.78 is 5.70. The predicted molar refractivity (Wildman–Crippen MR) is 138 cm³/mol. The Morgan fingerprint density at radius 2 is 1.19 bits per heavy atom. The van der Waals surface area contributed by atoms with E-state index in [1.54, 1.807) is 0 Å². The van der Waals surface area contributed by atoms with E-state index in [9.17, 15) is 0 Å². The highest BCUT2D eigenvalue weighted by molar-refractivity contribution is 5.51. The van der Waals surface area contributed by atoms with E-state index in [0.29, 0.717) is 0 Å². The first-order chi connectivity index (χ1) is 15.0. The number of aryl methyl sites for hydroxylation is 2. The molecule has 0 aliphatic carbocycles. The molecule has 0 aliphatic rings. The minimum atomic E-state index is 0.737. The van der Waals surface area contributed by atoms with Gasteiger partial charge in [0.05, 0.1) is 12.3 Å². The zero-order valence-electron chi connectivity index (χ0n) is 20.3. The maximum absolute atomic E-state index is 5.84. The summed E-state index contributed by atoms with van der Waals surface area (Å²) in [5, 5.41) is 0. The van der Waals surface area contributed by atoms with Crippen LogP contribution in [0.15, 0.2) is 42.5 Å². The fourth-order valence-corrected chi connectivity index (χ4v) is 3.50. The maximum Gasteiger partial charge on any atom is 0.142 e. The van der Waals surface area contributed by atoms with E-state index in [-0.39, 0.29) is 0 Å². The molecule has 0 atom stereocenters. The molecule has 0 fully saturated rings. The molecule has 0 aliphatic heterocycles. The number of ether oxygens (including phenoxy) is 1. The van der Waals surface area contributed by atoms with Crippen molar-refractivity contribution in [3.63, 3.8) is 0 Å². The average molecular weight is 427 g/mol. The molecule has 0 aromatic heterocycles. The molecule has 0 bridgehead atoms. The summed E-state index contributed by atoms with van der Waals surface area (Å²) in [5.41, 5.74) is 15.5. The number of nitrogen functional groups attached to an aromatic ring is 2. The maximum atomic E-state index is 5.84. The van der Waals surface area contributed by atoms with Crippen molar-refractivity contribution >= 4 is 11.4 Å². The Morgan fingerprint density at radius 3 is 1.71 bits per heavy atom. The smallest absolute Gasteiger partial charge is 0.142 e. The van der Waals surface area contributed by atoms with Crippen molar-refractivity contribution in [1.82, 2.24) is 0 Å². The fraction of sp³-hybridized carbons (Fsp3) is 0.571. The lowest BCUT2D eigenvalue weighted by atomic mass is 10.1. The van der Waals surface area contributed by atoms with Crippen molar-refractivity contribution in [3.8, 4) is 5.75 Å². The van der Waals surface area contributed by atoms with Gasteiger partial charge in [0.15, 0.2) is 0 Å². The third-order valence-corrected chi connectivity index (χ3v) is 5.71. The van der Waals surface area contributed by atoms with Gasteiger partial charge in [-0.25, -0.2) is 0 Å². The number of anilines is 2. The van der Waals surface area contributed by atoms with E-state index in [0.717, 1.165) is 30.2 Å². The van der Waals surface area contributed by atoms with Crippen LogP contribution in [0.1, 0.15) is 95.1 Å². The molecule has 3 heteroatoms. The SMILES string of the molecule is CCCCCCCCCCCCCCOc1ccccc1N.Cc1ccc(N)cc1C.